The SMILES string of the molecule is c1ccc(-c2nc(-c3ccccc3-c3ccccc3)nc(-c3ccc(-c4ccc5c(c4)C4(c6ccccc6-c6ccccc64)c4ccccc4C54C5CC6CC(C5)CC4C6)c4ccccc34)n2)cc1. The third-order valence-corrected chi connectivity index (χ3v) is 17.4. The first-order valence-electron chi connectivity index (χ1n) is 25.1. The van der Waals surface area contributed by atoms with E-state index in [1.165, 1.54) is 82.0 Å². The molecule has 0 N–H and O–H groups in total. The van der Waals surface area contributed by atoms with Crippen LogP contribution in [0.25, 0.3) is 78.3 Å². The second-order valence-electron chi connectivity index (χ2n) is 20.6. The van der Waals surface area contributed by atoms with Crippen LogP contribution in [0.4, 0.5) is 0 Å². The first-order valence-corrected chi connectivity index (χ1v) is 25.1. The number of rotatable bonds is 5. The van der Waals surface area contributed by atoms with Crippen molar-refractivity contribution in [3.63, 3.8) is 0 Å². The second-order valence-corrected chi connectivity index (χ2v) is 20.6. The van der Waals surface area contributed by atoms with Crippen molar-refractivity contribution in [2.75, 3.05) is 0 Å². The largest absolute Gasteiger partial charge is 0.208 e. The van der Waals surface area contributed by atoms with Crippen LogP contribution in [0.15, 0.2) is 212 Å². The van der Waals surface area contributed by atoms with Crippen LogP contribution < -0.4 is 0 Å². The van der Waals surface area contributed by atoms with E-state index in [1.807, 2.05) is 6.07 Å². The minimum Gasteiger partial charge on any atom is -0.208 e. The Bertz CT molecular complexity index is 3630. The fourth-order valence-electron chi connectivity index (χ4n) is 15.1. The van der Waals surface area contributed by atoms with E-state index in [2.05, 4.69) is 206 Å². The summed E-state index contributed by atoms with van der Waals surface area (Å²) in [6.45, 7) is 0. The van der Waals surface area contributed by atoms with Crippen molar-refractivity contribution in [1.29, 1.82) is 0 Å². The van der Waals surface area contributed by atoms with Gasteiger partial charge in [0.25, 0.3) is 0 Å². The highest BCUT2D eigenvalue weighted by atomic mass is 15.0. The zero-order valence-electron chi connectivity index (χ0n) is 38.4. The van der Waals surface area contributed by atoms with Crippen molar-refractivity contribution < 1.29 is 0 Å². The molecule has 0 radical (unpaired) electrons. The van der Waals surface area contributed by atoms with Crippen LogP contribution in [0.1, 0.15) is 65.5 Å². The lowest BCUT2D eigenvalue weighted by Gasteiger charge is -2.65. The molecule has 0 unspecified atom stereocenters. The molecule has 328 valence electrons. The molecule has 0 saturated heterocycles. The molecule has 6 aliphatic rings. The summed E-state index contributed by atoms with van der Waals surface area (Å²) in [4.78, 5) is 15.9. The van der Waals surface area contributed by atoms with Gasteiger partial charge in [-0.3, -0.25) is 0 Å². The van der Waals surface area contributed by atoms with Gasteiger partial charge in [0.1, 0.15) is 0 Å². The third-order valence-electron chi connectivity index (χ3n) is 17.4. The Morgan fingerprint density at radius 1 is 0.290 bits per heavy atom. The van der Waals surface area contributed by atoms with E-state index in [0.29, 0.717) is 29.3 Å². The zero-order chi connectivity index (χ0) is 45.3. The van der Waals surface area contributed by atoms with Crippen molar-refractivity contribution in [3.8, 4) is 67.5 Å². The van der Waals surface area contributed by atoms with Crippen LogP contribution in [-0.2, 0) is 10.8 Å². The summed E-state index contributed by atoms with van der Waals surface area (Å²) < 4.78 is 0. The Hall–Kier alpha value is -7.75. The average molecular weight is 884 g/mol. The molecular weight excluding hydrogens is 835 g/mol. The highest BCUT2D eigenvalue weighted by Crippen LogP contribution is 2.71. The summed E-state index contributed by atoms with van der Waals surface area (Å²) >= 11 is 0. The van der Waals surface area contributed by atoms with Crippen LogP contribution in [0.3, 0.4) is 0 Å². The lowest BCUT2D eigenvalue weighted by Crippen LogP contribution is -2.59. The molecule has 4 fully saturated rings. The molecule has 3 heteroatoms. The maximum absolute atomic E-state index is 5.37. The predicted octanol–water partition coefficient (Wildman–Crippen LogP) is 15.8. The summed E-state index contributed by atoms with van der Waals surface area (Å²) in [5.74, 6) is 5.00. The smallest absolute Gasteiger partial charge is 0.164 e. The van der Waals surface area contributed by atoms with Gasteiger partial charge in [0.05, 0.1) is 5.41 Å². The first kappa shape index (κ1) is 39.3. The van der Waals surface area contributed by atoms with Crippen molar-refractivity contribution in [2.45, 2.75) is 42.9 Å². The Kier molecular flexibility index (Phi) is 8.46. The van der Waals surface area contributed by atoms with Crippen molar-refractivity contribution in [3.05, 3.63) is 246 Å². The van der Waals surface area contributed by atoms with Gasteiger partial charge in [0.15, 0.2) is 17.5 Å². The van der Waals surface area contributed by atoms with Crippen LogP contribution in [0, 0.1) is 23.7 Å². The summed E-state index contributed by atoms with van der Waals surface area (Å²) in [6.07, 6.45) is 6.81. The van der Waals surface area contributed by atoms with Crippen LogP contribution in [-0.4, -0.2) is 15.0 Å². The number of fused-ring (bicyclic) bond motifs is 10. The molecule has 69 heavy (non-hydrogen) atoms. The molecule has 1 heterocycles. The van der Waals surface area contributed by atoms with Gasteiger partial charge in [-0.05, 0) is 145 Å². The van der Waals surface area contributed by atoms with Gasteiger partial charge >= 0.3 is 0 Å². The monoisotopic (exact) mass is 883 g/mol. The first-order chi connectivity index (χ1) is 34.2. The van der Waals surface area contributed by atoms with Gasteiger partial charge in [-0.2, -0.15) is 0 Å². The maximum atomic E-state index is 5.37. The van der Waals surface area contributed by atoms with Crippen molar-refractivity contribution in [2.24, 2.45) is 23.7 Å². The number of hydrogen-bond acceptors (Lipinski definition) is 3. The van der Waals surface area contributed by atoms with E-state index < -0.39 is 5.41 Å². The zero-order valence-corrected chi connectivity index (χ0v) is 38.4. The molecule has 10 aromatic rings. The molecule has 0 atom stereocenters. The summed E-state index contributed by atoms with van der Waals surface area (Å²) in [6, 6.07) is 78.9. The van der Waals surface area contributed by atoms with Gasteiger partial charge < -0.3 is 0 Å². The topological polar surface area (TPSA) is 38.7 Å². The molecular formula is C66H49N3. The minimum absolute atomic E-state index is 0.00644. The molecule has 16 rings (SSSR count). The summed E-state index contributed by atoms with van der Waals surface area (Å²) in [5, 5.41) is 2.30. The van der Waals surface area contributed by atoms with Gasteiger partial charge in [-0.25, -0.2) is 15.0 Å². The second kappa shape index (κ2) is 14.9. The van der Waals surface area contributed by atoms with Gasteiger partial charge in [-0.1, -0.05) is 200 Å². The van der Waals surface area contributed by atoms with Crippen LogP contribution >= 0.6 is 0 Å². The third kappa shape index (κ3) is 5.47. The van der Waals surface area contributed by atoms with Crippen LogP contribution in [0.5, 0.6) is 0 Å². The van der Waals surface area contributed by atoms with Gasteiger partial charge in [-0.15, -0.1) is 0 Å². The van der Waals surface area contributed by atoms with E-state index >= 15 is 0 Å². The fraction of sp³-hybridized carbons (Fsp3) is 0.167. The highest BCUT2D eigenvalue weighted by Gasteiger charge is 2.64. The number of nitrogens with zero attached hydrogens (tertiary/aromatic N) is 3. The Balaban J connectivity index is 0.962. The lowest BCUT2D eigenvalue weighted by molar-refractivity contribution is -0.0440. The standard InChI is InChI=1S/C66H49N3/c1-3-17-43(18-4-1)48-21-7-10-26-54(48)63-67-62(44-19-5-2-6-20-44)68-64(69-63)55-33-32-49(50-22-8-9-23-51(50)55)45-31-34-60-61(40-45)66(56-27-13-11-24-52(56)53-25-12-14-28-57(53)66)59-30-16-15-29-58(59)65(60)46-36-41-35-42(38-46)39-47(65)37-41/h1-34,40-42,46-47H,35-39H2. The Labute approximate surface area is 403 Å². The quantitative estimate of drug-likeness (QED) is 0.173. The molecule has 1 aromatic heterocycles. The molecule has 4 saturated carbocycles. The van der Waals surface area contributed by atoms with E-state index in [1.54, 1.807) is 11.1 Å². The lowest BCUT2D eigenvalue weighted by atomic mass is 9.38. The average Bonchev–Trinajstić information content (AvgIpc) is 3.71. The molecule has 6 aliphatic carbocycles. The molecule has 9 aromatic carbocycles. The number of aromatic nitrogens is 3. The number of benzene rings is 9. The van der Waals surface area contributed by atoms with E-state index in [0.717, 1.165) is 45.0 Å². The Morgan fingerprint density at radius 3 is 1.41 bits per heavy atom. The molecule has 0 amide bonds. The normalized spacial score (nSPS) is 21.8. The molecule has 3 nitrogen and oxygen atoms in total. The predicted molar refractivity (Wildman–Crippen MR) is 280 cm³/mol. The van der Waals surface area contributed by atoms with Gasteiger partial charge in [0, 0.05) is 22.1 Å². The van der Waals surface area contributed by atoms with Crippen LogP contribution in [0.2, 0.25) is 0 Å². The van der Waals surface area contributed by atoms with E-state index in [-0.39, 0.29) is 5.41 Å². The fourth-order valence-corrected chi connectivity index (χ4v) is 15.1. The molecule has 2 spiro atoms. The van der Waals surface area contributed by atoms with E-state index in [9.17, 15) is 0 Å². The molecule has 0 aliphatic heterocycles. The Morgan fingerprint density at radius 2 is 0.754 bits per heavy atom. The van der Waals surface area contributed by atoms with E-state index in [4.69, 9.17) is 15.0 Å². The summed E-state index contributed by atoms with van der Waals surface area (Å²) in [5.41, 5.74) is 18.8. The highest BCUT2D eigenvalue weighted by molar-refractivity contribution is 6.04. The maximum Gasteiger partial charge on any atom is 0.164 e. The minimum atomic E-state index is -0.448. The van der Waals surface area contributed by atoms with Crippen molar-refractivity contribution in [1.82, 2.24) is 15.0 Å². The van der Waals surface area contributed by atoms with Gasteiger partial charge in [0.2, 0.25) is 0 Å². The summed E-state index contributed by atoms with van der Waals surface area (Å²) in [7, 11) is 0. The number of hydrogen-bond donors (Lipinski definition) is 0. The van der Waals surface area contributed by atoms with Crippen molar-refractivity contribution >= 4 is 10.8 Å². The molecule has 4 bridgehead atoms.